The van der Waals surface area contributed by atoms with Crippen LogP contribution in [0, 0.1) is 25.2 Å². The van der Waals surface area contributed by atoms with Gasteiger partial charge in [-0.05, 0) is 54.8 Å². The van der Waals surface area contributed by atoms with Gasteiger partial charge in [0.2, 0.25) is 9.84 Å². The van der Waals surface area contributed by atoms with Gasteiger partial charge in [-0.3, -0.25) is 0 Å². The summed E-state index contributed by atoms with van der Waals surface area (Å²) in [6.45, 7) is 3.93. The number of halogens is 1. The maximum Gasteiger partial charge on any atom is 0.219 e. The highest BCUT2D eigenvalue weighted by molar-refractivity contribution is 8.04. The summed E-state index contributed by atoms with van der Waals surface area (Å²) in [5.41, 5.74) is 3.64. The third-order valence-corrected chi connectivity index (χ3v) is 8.09. The molecule has 0 aliphatic carbocycles. The second kappa shape index (κ2) is 10.1. The second-order valence-electron chi connectivity index (χ2n) is 6.84. The van der Waals surface area contributed by atoms with Gasteiger partial charge in [0.05, 0.1) is 4.90 Å². The van der Waals surface area contributed by atoms with Crippen LogP contribution in [0.2, 0.25) is 5.02 Å². The van der Waals surface area contributed by atoms with Gasteiger partial charge in [-0.25, -0.2) is 8.42 Å². The largest absolute Gasteiger partial charge is 0.348 e. The van der Waals surface area contributed by atoms with Crippen molar-refractivity contribution in [1.29, 1.82) is 5.26 Å². The maximum atomic E-state index is 13.3. The van der Waals surface area contributed by atoms with Crippen LogP contribution in [-0.2, 0) is 15.6 Å². The van der Waals surface area contributed by atoms with Crippen molar-refractivity contribution in [2.75, 3.05) is 5.32 Å². The molecule has 7 heteroatoms. The van der Waals surface area contributed by atoms with E-state index < -0.39 is 9.84 Å². The maximum absolute atomic E-state index is 13.3. The highest BCUT2D eigenvalue weighted by Gasteiger charge is 2.26. The molecule has 0 spiro atoms. The first-order chi connectivity index (χ1) is 14.8. The molecular weight excluding hydrogens is 448 g/mol. The molecule has 0 aromatic heterocycles. The number of anilines is 1. The van der Waals surface area contributed by atoms with E-state index in [1.165, 1.54) is 23.9 Å². The molecular formula is C24H21ClN2O2S2. The van der Waals surface area contributed by atoms with Crippen molar-refractivity contribution in [3.05, 3.63) is 104 Å². The van der Waals surface area contributed by atoms with Crippen LogP contribution in [0.15, 0.2) is 87.6 Å². The summed E-state index contributed by atoms with van der Waals surface area (Å²) in [6, 6.07) is 23.0. The van der Waals surface area contributed by atoms with Gasteiger partial charge < -0.3 is 5.32 Å². The van der Waals surface area contributed by atoms with Crippen molar-refractivity contribution in [1.82, 2.24) is 0 Å². The Bertz CT molecular complexity index is 1260. The zero-order chi connectivity index (χ0) is 22.4. The van der Waals surface area contributed by atoms with Gasteiger partial charge in [-0.1, -0.05) is 60.1 Å². The van der Waals surface area contributed by atoms with Crippen molar-refractivity contribution in [2.45, 2.75) is 24.5 Å². The molecule has 0 saturated heterocycles. The number of nitriles is 1. The molecule has 0 fully saturated rings. The number of thioether (sulfide) groups is 1. The Labute approximate surface area is 192 Å². The summed E-state index contributed by atoms with van der Waals surface area (Å²) in [5.74, 6) is 0.405. The van der Waals surface area contributed by atoms with Gasteiger partial charge in [0.25, 0.3) is 0 Å². The third-order valence-electron chi connectivity index (χ3n) is 4.81. The lowest BCUT2D eigenvalue weighted by molar-refractivity contribution is 0.603. The van der Waals surface area contributed by atoms with Crippen molar-refractivity contribution in [3.8, 4) is 6.07 Å². The lowest BCUT2D eigenvalue weighted by Crippen LogP contribution is -2.11. The summed E-state index contributed by atoms with van der Waals surface area (Å²) >= 11 is 7.51. The quantitative estimate of drug-likeness (QED) is 0.402. The van der Waals surface area contributed by atoms with E-state index in [2.05, 4.69) is 5.32 Å². The molecule has 4 nitrogen and oxygen atoms in total. The van der Waals surface area contributed by atoms with Crippen molar-refractivity contribution in [3.63, 3.8) is 0 Å². The number of hydrogen-bond donors (Lipinski definition) is 1. The van der Waals surface area contributed by atoms with E-state index in [-0.39, 0.29) is 14.8 Å². The molecule has 0 saturated carbocycles. The predicted octanol–water partition coefficient (Wildman–Crippen LogP) is 6.47. The molecule has 0 aliphatic heterocycles. The van der Waals surface area contributed by atoms with Crippen LogP contribution in [0.1, 0.15) is 16.7 Å². The predicted molar refractivity (Wildman–Crippen MR) is 129 cm³/mol. The molecule has 0 heterocycles. The Balaban J connectivity index is 2.09. The van der Waals surface area contributed by atoms with E-state index in [1.54, 1.807) is 24.3 Å². The fourth-order valence-electron chi connectivity index (χ4n) is 2.88. The SMILES string of the molecule is Cc1cccc(NC(SCc2ccccc2Cl)=C(C#N)S(=O)(=O)c2ccccc2)c1C. The zero-order valence-corrected chi connectivity index (χ0v) is 19.5. The molecule has 3 aromatic carbocycles. The van der Waals surface area contributed by atoms with Crippen LogP contribution in [0.5, 0.6) is 0 Å². The minimum Gasteiger partial charge on any atom is -0.348 e. The normalized spacial score (nSPS) is 12.1. The van der Waals surface area contributed by atoms with E-state index >= 15 is 0 Å². The number of sulfone groups is 1. The first kappa shape index (κ1) is 23.0. The van der Waals surface area contributed by atoms with Crippen molar-refractivity contribution in [2.24, 2.45) is 0 Å². The number of nitrogens with one attached hydrogen (secondary N) is 1. The molecule has 3 rings (SSSR count). The number of rotatable bonds is 7. The lowest BCUT2D eigenvalue weighted by Gasteiger charge is -2.16. The van der Waals surface area contributed by atoms with Gasteiger partial charge in [-0.2, -0.15) is 5.26 Å². The van der Waals surface area contributed by atoms with Crippen LogP contribution < -0.4 is 5.32 Å². The van der Waals surface area contributed by atoms with E-state index in [1.807, 2.05) is 56.3 Å². The van der Waals surface area contributed by atoms with Gasteiger partial charge in [-0.15, -0.1) is 11.8 Å². The molecule has 0 amide bonds. The molecule has 0 unspecified atom stereocenters. The highest BCUT2D eigenvalue weighted by Crippen LogP contribution is 2.33. The van der Waals surface area contributed by atoms with Crippen LogP contribution in [0.3, 0.4) is 0 Å². The van der Waals surface area contributed by atoms with Crippen LogP contribution in [0.25, 0.3) is 0 Å². The number of aryl methyl sites for hydroxylation is 1. The van der Waals surface area contributed by atoms with Crippen molar-refractivity contribution >= 4 is 38.9 Å². The summed E-state index contributed by atoms with van der Waals surface area (Å²) in [4.78, 5) is -0.248. The molecule has 31 heavy (non-hydrogen) atoms. The fraction of sp³-hybridized carbons (Fsp3) is 0.125. The van der Waals surface area contributed by atoms with Gasteiger partial charge >= 0.3 is 0 Å². The van der Waals surface area contributed by atoms with Gasteiger partial charge in [0, 0.05) is 16.5 Å². The number of allylic oxidation sites excluding steroid dienone is 1. The molecule has 1 N–H and O–H groups in total. The summed E-state index contributed by atoms with van der Waals surface area (Å²) < 4.78 is 26.5. The van der Waals surface area contributed by atoms with Crippen LogP contribution >= 0.6 is 23.4 Å². The number of benzene rings is 3. The molecule has 158 valence electrons. The molecule has 0 bridgehead atoms. The van der Waals surface area contributed by atoms with Crippen LogP contribution in [-0.4, -0.2) is 8.42 Å². The van der Waals surface area contributed by atoms with E-state index in [0.717, 1.165) is 22.4 Å². The second-order valence-corrected chi connectivity index (χ2v) is 10.1. The molecule has 0 radical (unpaired) electrons. The monoisotopic (exact) mass is 468 g/mol. The Morgan fingerprint density at radius 2 is 1.68 bits per heavy atom. The van der Waals surface area contributed by atoms with Crippen LogP contribution in [0.4, 0.5) is 5.69 Å². The summed E-state index contributed by atoms with van der Waals surface area (Å²) in [6.07, 6.45) is 0. The third kappa shape index (κ3) is 5.31. The van der Waals surface area contributed by atoms with Gasteiger partial charge in [0.15, 0.2) is 4.91 Å². The fourth-order valence-corrected chi connectivity index (χ4v) is 5.75. The highest BCUT2D eigenvalue weighted by atomic mass is 35.5. The first-order valence-corrected chi connectivity index (χ1v) is 12.3. The molecule has 0 aliphatic rings. The van der Waals surface area contributed by atoms with E-state index in [9.17, 15) is 13.7 Å². The average Bonchev–Trinajstić information content (AvgIpc) is 2.77. The van der Waals surface area contributed by atoms with E-state index in [4.69, 9.17) is 11.6 Å². The Hall–Kier alpha value is -2.72. The zero-order valence-electron chi connectivity index (χ0n) is 17.1. The van der Waals surface area contributed by atoms with Gasteiger partial charge in [0.1, 0.15) is 11.1 Å². The minimum absolute atomic E-state index is 0.0742. The number of nitrogens with zero attached hydrogens (tertiary/aromatic N) is 1. The lowest BCUT2D eigenvalue weighted by atomic mass is 10.1. The Morgan fingerprint density at radius 1 is 1.00 bits per heavy atom. The van der Waals surface area contributed by atoms with Crippen molar-refractivity contribution < 1.29 is 8.42 Å². The first-order valence-electron chi connectivity index (χ1n) is 9.48. The summed E-state index contributed by atoms with van der Waals surface area (Å²) in [7, 11) is -4.01. The minimum atomic E-state index is -4.01. The Kier molecular flexibility index (Phi) is 7.45. The Morgan fingerprint density at radius 3 is 2.35 bits per heavy atom. The standard InChI is InChI=1S/C24H21ClN2O2S2/c1-17-9-8-14-22(18(17)2)27-24(30-16-19-10-6-7-13-21(19)25)23(15-26)31(28,29)20-11-4-3-5-12-20/h3-14,27H,16H2,1-2H3. The molecule has 3 aromatic rings. The van der Waals surface area contributed by atoms with E-state index in [0.29, 0.717) is 10.8 Å². The smallest absolute Gasteiger partial charge is 0.219 e. The molecule has 0 atom stereocenters. The average molecular weight is 469 g/mol. The summed E-state index contributed by atoms with van der Waals surface area (Å²) in [5, 5.41) is 13.9. The number of hydrogen-bond acceptors (Lipinski definition) is 5. The topological polar surface area (TPSA) is 70.0 Å².